The molecule has 0 bridgehead atoms. The summed E-state index contributed by atoms with van der Waals surface area (Å²) >= 11 is 0. The molecule has 0 N–H and O–H groups in total. The minimum atomic E-state index is 0.0870. The van der Waals surface area contributed by atoms with Crippen LogP contribution in [0.3, 0.4) is 0 Å². The van der Waals surface area contributed by atoms with Gasteiger partial charge >= 0.3 is 0 Å². The number of para-hydroxylation sites is 1. The van der Waals surface area contributed by atoms with Crippen molar-refractivity contribution in [1.29, 1.82) is 0 Å². The quantitative estimate of drug-likeness (QED) is 0.231. The minimum absolute atomic E-state index is 0.0870. The predicted molar refractivity (Wildman–Crippen MR) is 166 cm³/mol. The summed E-state index contributed by atoms with van der Waals surface area (Å²) in [5.41, 5.74) is 8.08. The van der Waals surface area contributed by atoms with E-state index in [-0.39, 0.29) is 5.41 Å². The van der Waals surface area contributed by atoms with Gasteiger partial charge in [0, 0.05) is 41.8 Å². The number of anilines is 3. The molecule has 0 atom stereocenters. The lowest BCUT2D eigenvalue weighted by Gasteiger charge is -2.23. The molecule has 0 amide bonds. The van der Waals surface area contributed by atoms with E-state index in [1.54, 1.807) is 0 Å². The molecule has 6 aromatic rings. The van der Waals surface area contributed by atoms with Crippen molar-refractivity contribution in [1.82, 2.24) is 9.55 Å². The van der Waals surface area contributed by atoms with Crippen molar-refractivity contribution in [2.75, 3.05) is 23.5 Å². The second kappa shape index (κ2) is 9.16. The van der Waals surface area contributed by atoms with Gasteiger partial charge in [-0.3, -0.25) is 4.57 Å². The third kappa shape index (κ3) is 4.06. The Morgan fingerprint density at radius 2 is 1.43 bits per heavy atom. The van der Waals surface area contributed by atoms with Crippen molar-refractivity contribution < 1.29 is 4.74 Å². The number of nitrogens with zero attached hydrogens (tertiary/aromatic N) is 4. The second-order valence-corrected chi connectivity index (χ2v) is 11.5. The molecule has 0 saturated carbocycles. The zero-order chi connectivity index (χ0) is 27.4. The molecule has 0 aliphatic carbocycles. The highest BCUT2D eigenvalue weighted by Crippen LogP contribution is 2.43. The maximum Gasteiger partial charge on any atom is 0.145 e. The summed E-state index contributed by atoms with van der Waals surface area (Å²) in [4.78, 5) is 9.37. The molecule has 198 valence electrons. The van der Waals surface area contributed by atoms with Crippen LogP contribution in [-0.2, 0) is 5.41 Å². The molecule has 1 aliphatic heterocycles. The van der Waals surface area contributed by atoms with Crippen LogP contribution in [0.25, 0.3) is 27.6 Å². The van der Waals surface area contributed by atoms with E-state index in [4.69, 9.17) is 9.72 Å². The molecule has 2 aromatic heterocycles. The van der Waals surface area contributed by atoms with Crippen molar-refractivity contribution in [3.05, 3.63) is 115 Å². The summed E-state index contributed by atoms with van der Waals surface area (Å²) in [5.74, 6) is 1.59. The largest absolute Gasteiger partial charge is 0.457 e. The zero-order valence-corrected chi connectivity index (χ0v) is 23.3. The van der Waals surface area contributed by atoms with E-state index in [1.807, 2.05) is 30.5 Å². The van der Waals surface area contributed by atoms with Gasteiger partial charge in [0.25, 0.3) is 0 Å². The van der Waals surface area contributed by atoms with Crippen LogP contribution in [0, 0.1) is 0 Å². The fourth-order valence-corrected chi connectivity index (χ4v) is 5.71. The van der Waals surface area contributed by atoms with E-state index in [2.05, 4.69) is 121 Å². The van der Waals surface area contributed by atoms with Gasteiger partial charge in [0.15, 0.2) is 0 Å². The van der Waals surface area contributed by atoms with Crippen LogP contribution in [0.15, 0.2) is 109 Å². The molecular weight excluding hydrogens is 492 g/mol. The first kappa shape index (κ1) is 24.3. The Labute approximate surface area is 234 Å². The number of aromatic nitrogens is 2. The fraction of sp³-hybridized carbons (Fsp3) is 0.171. The molecule has 0 saturated heterocycles. The standard InChI is InChI=1S/C35H32N4O/c1-35(2,3)24-17-18-32-33(20-24)38(23-37(32)4)25-10-7-12-27(21-25)40-28-13-8-11-26(22-28)39-31-16-6-5-14-29(31)30-15-9-19-36-34(30)39/h5-22H,23H2,1-4H3. The van der Waals surface area contributed by atoms with E-state index in [9.17, 15) is 0 Å². The molecule has 0 radical (unpaired) electrons. The molecule has 0 fully saturated rings. The molecule has 3 heterocycles. The summed E-state index contributed by atoms with van der Waals surface area (Å²) < 4.78 is 8.67. The Hall–Kier alpha value is -4.77. The van der Waals surface area contributed by atoms with Gasteiger partial charge in [0.2, 0.25) is 0 Å². The molecule has 7 rings (SSSR count). The van der Waals surface area contributed by atoms with Crippen molar-refractivity contribution in [2.24, 2.45) is 0 Å². The lowest BCUT2D eigenvalue weighted by molar-refractivity contribution is 0.482. The first-order chi connectivity index (χ1) is 19.4. The van der Waals surface area contributed by atoms with Gasteiger partial charge < -0.3 is 14.5 Å². The van der Waals surface area contributed by atoms with Crippen LogP contribution >= 0.6 is 0 Å². The van der Waals surface area contributed by atoms with Crippen molar-refractivity contribution in [2.45, 2.75) is 26.2 Å². The summed E-state index contributed by atoms with van der Waals surface area (Å²) in [6, 6.07) is 36.0. The highest BCUT2D eigenvalue weighted by Gasteiger charge is 2.27. The monoisotopic (exact) mass is 524 g/mol. The Balaban J connectivity index is 1.23. The fourth-order valence-electron chi connectivity index (χ4n) is 5.71. The van der Waals surface area contributed by atoms with Gasteiger partial charge in [-0.25, -0.2) is 4.98 Å². The third-order valence-electron chi connectivity index (χ3n) is 7.77. The normalized spacial score (nSPS) is 13.3. The van der Waals surface area contributed by atoms with Gasteiger partial charge in [-0.05, 0) is 65.6 Å². The van der Waals surface area contributed by atoms with Crippen LogP contribution in [0.2, 0.25) is 0 Å². The van der Waals surface area contributed by atoms with E-state index in [0.717, 1.165) is 46.1 Å². The van der Waals surface area contributed by atoms with E-state index >= 15 is 0 Å². The lowest BCUT2D eigenvalue weighted by Crippen LogP contribution is -2.23. The molecule has 4 aromatic carbocycles. The highest BCUT2D eigenvalue weighted by atomic mass is 16.5. The van der Waals surface area contributed by atoms with Gasteiger partial charge in [-0.2, -0.15) is 0 Å². The van der Waals surface area contributed by atoms with E-state index < -0.39 is 0 Å². The van der Waals surface area contributed by atoms with Crippen molar-refractivity contribution >= 4 is 39.0 Å². The smallest absolute Gasteiger partial charge is 0.145 e. The molecule has 1 aliphatic rings. The number of benzene rings is 4. The lowest BCUT2D eigenvalue weighted by atomic mass is 9.86. The van der Waals surface area contributed by atoms with E-state index in [0.29, 0.717) is 0 Å². The van der Waals surface area contributed by atoms with Gasteiger partial charge in [-0.1, -0.05) is 57.2 Å². The Kier molecular flexibility index (Phi) is 5.56. The third-order valence-corrected chi connectivity index (χ3v) is 7.77. The van der Waals surface area contributed by atoms with Crippen molar-refractivity contribution in [3.63, 3.8) is 0 Å². The van der Waals surface area contributed by atoms with Gasteiger partial charge in [0.05, 0.1) is 29.2 Å². The summed E-state index contributed by atoms with van der Waals surface area (Å²) in [6.07, 6.45) is 1.85. The molecular formula is C35H32N4O. The Morgan fingerprint density at radius 3 is 2.23 bits per heavy atom. The summed E-state index contributed by atoms with van der Waals surface area (Å²) in [5, 5.41) is 2.33. The first-order valence-corrected chi connectivity index (χ1v) is 13.7. The maximum absolute atomic E-state index is 6.46. The van der Waals surface area contributed by atoms with E-state index in [1.165, 1.54) is 22.3 Å². The van der Waals surface area contributed by atoms with Crippen molar-refractivity contribution in [3.8, 4) is 17.2 Å². The zero-order valence-electron chi connectivity index (χ0n) is 23.3. The van der Waals surface area contributed by atoms with Crippen LogP contribution < -0.4 is 14.5 Å². The number of pyridine rings is 1. The molecule has 40 heavy (non-hydrogen) atoms. The maximum atomic E-state index is 6.46. The number of fused-ring (bicyclic) bond motifs is 4. The average Bonchev–Trinajstić information content (AvgIpc) is 3.47. The number of hydrogen-bond donors (Lipinski definition) is 0. The molecule has 5 nitrogen and oxygen atoms in total. The van der Waals surface area contributed by atoms with Crippen LogP contribution in [0.1, 0.15) is 26.3 Å². The predicted octanol–water partition coefficient (Wildman–Crippen LogP) is 8.81. The summed E-state index contributed by atoms with van der Waals surface area (Å²) in [6.45, 7) is 7.57. The second-order valence-electron chi connectivity index (χ2n) is 11.5. The van der Waals surface area contributed by atoms with Crippen LogP contribution in [-0.4, -0.2) is 23.3 Å². The summed E-state index contributed by atoms with van der Waals surface area (Å²) in [7, 11) is 2.14. The van der Waals surface area contributed by atoms with Crippen LogP contribution in [0.5, 0.6) is 11.5 Å². The topological polar surface area (TPSA) is 33.5 Å². The molecule has 0 spiro atoms. The van der Waals surface area contributed by atoms with Crippen LogP contribution in [0.4, 0.5) is 17.1 Å². The average molecular weight is 525 g/mol. The first-order valence-electron chi connectivity index (χ1n) is 13.7. The SMILES string of the molecule is CN1CN(c2cccc(Oc3cccc(-n4c5ccccc5c5cccnc54)c3)c2)c2cc(C(C)(C)C)ccc21. The Morgan fingerprint density at radius 1 is 0.700 bits per heavy atom. The van der Waals surface area contributed by atoms with Gasteiger partial charge in [-0.15, -0.1) is 0 Å². The number of ether oxygens (including phenoxy) is 1. The Bertz CT molecular complexity index is 1830. The highest BCUT2D eigenvalue weighted by molar-refractivity contribution is 6.07. The molecule has 5 heteroatoms. The minimum Gasteiger partial charge on any atom is -0.457 e. The number of hydrogen-bond acceptors (Lipinski definition) is 4. The van der Waals surface area contributed by atoms with Gasteiger partial charge in [0.1, 0.15) is 17.1 Å². The number of rotatable bonds is 4. The molecule has 0 unspecified atom stereocenters.